The normalized spacial score (nSPS) is 10.4. The van der Waals surface area contributed by atoms with Gasteiger partial charge in [-0.1, -0.05) is 24.3 Å². The molecule has 0 aromatic heterocycles. The van der Waals surface area contributed by atoms with Crippen LogP contribution in [0.3, 0.4) is 0 Å². The zero-order valence-corrected chi connectivity index (χ0v) is 13.3. The smallest absolute Gasteiger partial charge is 0.337 e. The summed E-state index contributed by atoms with van der Waals surface area (Å²) in [4.78, 5) is 23.2. The largest absolute Gasteiger partial charge is 0.493 e. The molecule has 0 fully saturated rings. The van der Waals surface area contributed by atoms with Crippen LogP contribution in [0.4, 0.5) is 5.69 Å². The van der Waals surface area contributed by atoms with Crippen molar-refractivity contribution in [2.45, 2.75) is 0 Å². The molecule has 2 N–H and O–H groups in total. The first-order valence-corrected chi connectivity index (χ1v) is 7.09. The lowest BCUT2D eigenvalue weighted by atomic mass is 10.1. The number of rotatable bonds is 6. The summed E-state index contributed by atoms with van der Waals surface area (Å²) in [6.07, 6.45) is 2.87. The number of amides is 1. The number of hydrogen-bond donors (Lipinski definition) is 2. The Labute approximate surface area is 139 Å². The molecule has 24 heavy (non-hydrogen) atoms. The summed E-state index contributed by atoms with van der Waals surface area (Å²) in [6, 6.07) is 11.5. The molecule has 0 bridgehead atoms. The van der Waals surface area contributed by atoms with Gasteiger partial charge in [0.05, 0.1) is 25.5 Å². The summed E-state index contributed by atoms with van der Waals surface area (Å²) < 4.78 is 10.5. The number of carbonyl (C=O) groups excluding carboxylic acids is 1. The topological polar surface area (TPSA) is 84.9 Å². The first-order chi connectivity index (χ1) is 11.6. The van der Waals surface area contributed by atoms with Gasteiger partial charge in [-0.15, -0.1) is 0 Å². The fourth-order valence-electron chi connectivity index (χ4n) is 2.16. The lowest BCUT2D eigenvalue weighted by molar-refractivity contribution is -0.111. The average Bonchev–Trinajstić information content (AvgIpc) is 2.59. The number of carboxylic acids is 1. The molecule has 0 aliphatic carbocycles. The Morgan fingerprint density at radius 3 is 2.46 bits per heavy atom. The van der Waals surface area contributed by atoms with E-state index in [-0.39, 0.29) is 11.3 Å². The Balaban J connectivity index is 2.19. The molecule has 0 saturated heterocycles. The second-order valence-electron chi connectivity index (χ2n) is 4.76. The van der Waals surface area contributed by atoms with Gasteiger partial charge < -0.3 is 19.9 Å². The van der Waals surface area contributed by atoms with Crippen LogP contribution in [0.25, 0.3) is 6.08 Å². The molecule has 0 heterocycles. The SMILES string of the molecule is COc1cccc(/C=C/C(=O)Nc2ccccc2C(=O)O)c1OC. The van der Waals surface area contributed by atoms with Crippen molar-refractivity contribution in [3.05, 3.63) is 59.7 Å². The molecule has 2 aromatic rings. The molecular weight excluding hydrogens is 310 g/mol. The van der Waals surface area contributed by atoms with Crippen molar-refractivity contribution in [3.8, 4) is 11.5 Å². The molecule has 124 valence electrons. The van der Waals surface area contributed by atoms with E-state index in [1.165, 1.54) is 32.4 Å². The van der Waals surface area contributed by atoms with Gasteiger partial charge in [-0.3, -0.25) is 4.79 Å². The molecule has 0 unspecified atom stereocenters. The number of carboxylic acid groups (broad SMARTS) is 1. The number of methoxy groups -OCH3 is 2. The van der Waals surface area contributed by atoms with Crippen molar-refractivity contribution >= 4 is 23.6 Å². The van der Waals surface area contributed by atoms with Gasteiger partial charge >= 0.3 is 5.97 Å². The fraction of sp³-hybridized carbons (Fsp3) is 0.111. The van der Waals surface area contributed by atoms with E-state index in [1.54, 1.807) is 36.4 Å². The second kappa shape index (κ2) is 7.82. The molecule has 2 aromatic carbocycles. The molecule has 1 amide bonds. The molecule has 6 nitrogen and oxygen atoms in total. The van der Waals surface area contributed by atoms with Crippen LogP contribution in [0.2, 0.25) is 0 Å². The van der Waals surface area contributed by atoms with Crippen LogP contribution in [0.1, 0.15) is 15.9 Å². The van der Waals surface area contributed by atoms with Crippen LogP contribution >= 0.6 is 0 Å². The van der Waals surface area contributed by atoms with Gasteiger partial charge in [0, 0.05) is 11.6 Å². The minimum Gasteiger partial charge on any atom is -0.493 e. The summed E-state index contributed by atoms with van der Waals surface area (Å²) in [5.41, 5.74) is 0.925. The predicted molar refractivity (Wildman–Crippen MR) is 90.6 cm³/mol. The van der Waals surface area contributed by atoms with E-state index in [9.17, 15) is 9.59 Å². The maximum atomic E-state index is 12.1. The first-order valence-electron chi connectivity index (χ1n) is 7.09. The van der Waals surface area contributed by atoms with Crippen LogP contribution in [-0.2, 0) is 4.79 Å². The van der Waals surface area contributed by atoms with Gasteiger partial charge in [0.2, 0.25) is 5.91 Å². The van der Waals surface area contributed by atoms with Gasteiger partial charge in [0.25, 0.3) is 0 Å². The molecule has 6 heteroatoms. The second-order valence-corrected chi connectivity index (χ2v) is 4.76. The van der Waals surface area contributed by atoms with Gasteiger partial charge in [0.15, 0.2) is 11.5 Å². The average molecular weight is 327 g/mol. The molecule has 0 spiro atoms. The third-order valence-electron chi connectivity index (χ3n) is 3.26. The van der Waals surface area contributed by atoms with Crippen molar-refractivity contribution in [1.82, 2.24) is 0 Å². The van der Waals surface area contributed by atoms with E-state index >= 15 is 0 Å². The van der Waals surface area contributed by atoms with Crippen LogP contribution in [0.5, 0.6) is 11.5 Å². The van der Waals surface area contributed by atoms with Crippen LogP contribution in [0, 0.1) is 0 Å². The Hall–Kier alpha value is -3.28. The first kappa shape index (κ1) is 17.1. The highest BCUT2D eigenvalue weighted by Gasteiger charge is 2.11. The molecule has 0 aliphatic rings. The van der Waals surface area contributed by atoms with Crippen molar-refractivity contribution in [3.63, 3.8) is 0 Å². The number of para-hydroxylation sites is 2. The quantitative estimate of drug-likeness (QED) is 0.797. The zero-order valence-electron chi connectivity index (χ0n) is 13.3. The van der Waals surface area contributed by atoms with Gasteiger partial charge in [0.1, 0.15) is 0 Å². The number of benzene rings is 2. The summed E-state index contributed by atoms with van der Waals surface area (Å²) in [5, 5.41) is 11.7. The number of hydrogen-bond acceptors (Lipinski definition) is 4. The number of anilines is 1. The van der Waals surface area contributed by atoms with Gasteiger partial charge in [-0.05, 0) is 24.3 Å². The minimum atomic E-state index is -1.11. The number of nitrogens with one attached hydrogen (secondary N) is 1. The Bertz CT molecular complexity index is 783. The van der Waals surface area contributed by atoms with Crippen LogP contribution in [0.15, 0.2) is 48.5 Å². The van der Waals surface area contributed by atoms with Gasteiger partial charge in [-0.25, -0.2) is 4.79 Å². The zero-order chi connectivity index (χ0) is 17.5. The molecule has 0 radical (unpaired) electrons. The lowest BCUT2D eigenvalue weighted by Gasteiger charge is -2.10. The summed E-state index contributed by atoms with van der Waals surface area (Å²) in [7, 11) is 3.04. The van der Waals surface area contributed by atoms with E-state index < -0.39 is 11.9 Å². The lowest BCUT2D eigenvalue weighted by Crippen LogP contribution is -2.11. The standard InChI is InChI=1S/C18H17NO5/c1-23-15-9-5-6-12(17(15)24-2)10-11-16(20)19-14-8-4-3-7-13(14)18(21)22/h3-11H,1-2H3,(H,19,20)(H,21,22)/b11-10+. The highest BCUT2D eigenvalue weighted by atomic mass is 16.5. The maximum absolute atomic E-state index is 12.1. The van der Waals surface area contributed by atoms with E-state index in [4.69, 9.17) is 14.6 Å². The molecule has 2 rings (SSSR count). The van der Waals surface area contributed by atoms with Crippen molar-refractivity contribution < 1.29 is 24.2 Å². The maximum Gasteiger partial charge on any atom is 0.337 e. The van der Waals surface area contributed by atoms with Crippen molar-refractivity contribution in [1.29, 1.82) is 0 Å². The fourth-order valence-corrected chi connectivity index (χ4v) is 2.16. The number of carbonyl (C=O) groups is 2. The van der Waals surface area contributed by atoms with E-state index in [1.807, 2.05) is 0 Å². The molecular formula is C18H17NO5. The third-order valence-corrected chi connectivity index (χ3v) is 3.26. The summed E-state index contributed by atoms with van der Waals surface area (Å²) in [6.45, 7) is 0. The minimum absolute atomic E-state index is 0.0261. The third kappa shape index (κ3) is 3.92. The van der Waals surface area contributed by atoms with Crippen molar-refractivity contribution in [2.75, 3.05) is 19.5 Å². The predicted octanol–water partition coefficient (Wildman–Crippen LogP) is 3.05. The highest BCUT2D eigenvalue weighted by Crippen LogP contribution is 2.31. The van der Waals surface area contributed by atoms with E-state index in [2.05, 4.69) is 5.32 Å². The Morgan fingerprint density at radius 1 is 1.04 bits per heavy atom. The van der Waals surface area contributed by atoms with Crippen LogP contribution in [-0.4, -0.2) is 31.2 Å². The monoisotopic (exact) mass is 327 g/mol. The van der Waals surface area contributed by atoms with Gasteiger partial charge in [-0.2, -0.15) is 0 Å². The number of ether oxygens (including phenoxy) is 2. The van der Waals surface area contributed by atoms with Crippen LogP contribution < -0.4 is 14.8 Å². The van der Waals surface area contributed by atoms with Crippen molar-refractivity contribution in [2.24, 2.45) is 0 Å². The Morgan fingerprint density at radius 2 is 1.79 bits per heavy atom. The molecule has 0 saturated carbocycles. The molecule has 0 atom stereocenters. The van der Waals surface area contributed by atoms with E-state index in [0.29, 0.717) is 17.1 Å². The summed E-state index contributed by atoms with van der Waals surface area (Å²) >= 11 is 0. The highest BCUT2D eigenvalue weighted by molar-refractivity contribution is 6.06. The Kier molecular flexibility index (Phi) is 5.57. The summed E-state index contributed by atoms with van der Waals surface area (Å²) in [5.74, 6) is -0.496. The number of aromatic carboxylic acids is 1. The molecule has 0 aliphatic heterocycles. The van der Waals surface area contributed by atoms with E-state index in [0.717, 1.165) is 0 Å².